The van der Waals surface area contributed by atoms with Crippen LogP contribution in [0.4, 0.5) is 5.69 Å². The predicted octanol–water partition coefficient (Wildman–Crippen LogP) is 2.02. The number of carbonyl (C=O) groups is 2. The zero-order valence-electron chi connectivity index (χ0n) is 16.3. The summed E-state index contributed by atoms with van der Waals surface area (Å²) < 4.78 is 12.5. The average molecular weight is 394 g/mol. The molecular weight excluding hydrogens is 372 g/mol. The molecule has 29 heavy (non-hydrogen) atoms. The van der Waals surface area contributed by atoms with Crippen LogP contribution in [0.5, 0.6) is 11.5 Å². The van der Waals surface area contributed by atoms with E-state index in [0.717, 1.165) is 11.3 Å². The number of amides is 2. The molecule has 2 aromatic heterocycles. The summed E-state index contributed by atoms with van der Waals surface area (Å²) in [5, 5.41) is 2.91. The summed E-state index contributed by atoms with van der Waals surface area (Å²) in [5.41, 5.74) is 1.65. The molecule has 1 unspecified atom stereocenters. The molecule has 8 nitrogen and oxygen atoms in total. The second-order valence-electron chi connectivity index (χ2n) is 6.83. The van der Waals surface area contributed by atoms with Gasteiger partial charge < -0.3 is 24.1 Å². The molecule has 0 bridgehead atoms. The van der Waals surface area contributed by atoms with Crippen LogP contribution in [0.1, 0.15) is 12.2 Å². The number of hydrogen-bond donors (Lipinski definition) is 1. The molecule has 1 N–H and O–H groups in total. The normalized spacial score (nSPS) is 16.3. The Balaban J connectivity index is 1.43. The number of nitrogens with zero attached hydrogens (tertiary/aromatic N) is 3. The van der Waals surface area contributed by atoms with E-state index in [0.29, 0.717) is 30.3 Å². The van der Waals surface area contributed by atoms with Crippen LogP contribution in [-0.2, 0) is 16.1 Å². The van der Waals surface area contributed by atoms with Crippen LogP contribution >= 0.6 is 0 Å². The van der Waals surface area contributed by atoms with Gasteiger partial charge in [0.2, 0.25) is 11.8 Å². The van der Waals surface area contributed by atoms with Gasteiger partial charge in [0.1, 0.15) is 5.82 Å². The van der Waals surface area contributed by atoms with Crippen molar-refractivity contribution in [2.24, 2.45) is 5.92 Å². The minimum Gasteiger partial charge on any atom is -0.493 e. The number of carbonyl (C=O) groups excluding carboxylic acids is 2. The molecule has 150 valence electrons. The molecule has 0 radical (unpaired) electrons. The average Bonchev–Trinajstić information content (AvgIpc) is 3.35. The first-order valence-electron chi connectivity index (χ1n) is 9.31. The Labute approximate surface area is 168 Å². The lowest BCUT2D eigenvalue weighted by atomic mass is 10.1. The van der Waals surface area contributed by atoms with Crippen LogP contribution in [0, 0.1) is 5.92 Å². The van der Waals surface area contributed by atoms with E-state index < -0.39 is 5.92 Å². The molecule has 3 aromatic rings. The molecule has 4 rings (SSSR count). The highest BCUT2D eigenvalue weighted by Crippen LogP contribution is 2.34. The molecule has 1 aliphatic heterocycles. The van der Waals surface area contributed by atoms with Gasteiger partial charge in [-0.25, -0.2) is 4.98 Å². The molecule has 8 heteroatoms. The van der Waals surface area contributed by atoms with E-state index in [-0.39, 0.29) is 18.2 Å². The Kier molecular flexibility index (Phi) is 5.07. The smallest absolute Gasteiger partial charge is 0.227 e. The first-order chi connectivity index (χ1) is 14.1. The Morgan fingerprint density at radius 2 is 2.03 bits per heavy atom. The number of pyridine rings is 1. The summed E-state index contributed by atoms with van der Waals surface area (Å²) in [4.78, 5) is 31.1. The number of imidazole rings is 1. The Bertz CT molecular complexity index is 1060. The Morgan fingerprint density at radius 3 is 2.83 bits per heavy atom. The topological polar surface area (TPSA) is 85.2 Å². The van der Waals surface area contributed by atoms with Gasteiger partial charge in [0, 0.05) is 30.9 Å². The van der Waals surface area contributed by atoms with Crippen molar-refractivity contribution in [1.29, 1.82) is 0 Å². The van der Waals surface area contributed by atoms with E-state index in [1.807, 2.05) is 28.8 Å². The molecule has 0 spiro atoms. The van der Waals surface area contributed by atoms with Gasteiger partial charge in [-0.05, 0) is 24.3 Å². The van der Waals surface area contributed by atoms with Crippen LogP contribution in [-0.4, -0.2) is 42.0 Å². The molecule has 3 heterocycles. The largest absolute Gasteiger partial charge is 0.493 e. The maximum atomic E-state index is 12.7. The summed E-state index contributed by atoms with van der Waals surface area (Å²) in [5.74, 6) is 1.20. The van der Waals surface area contributed by atoms with Gasteiger partial charge in [0.15, 0.2) is 11.5 Å². The van der Waals surface area contributed by atoms with Crippen LogP contribution in [0.2, 0.25) is 0 Å². The van der Waals surface area contributed by atoms with Gasteiger partial charge in [0.25, 0.3) is 0 Å². The van der Waals surface area contributed by atoms with E-state index in [1.165, 1.54) is 0 Å². The van der Waals surface area contributed by atoms with E-state index in [9.17, 15) is 9.59 Å². The van der Waals surface area contributed by atoms with Crippen molar-refractivity contribution in [3.8, 4) is 11.5 Å². The van der Waals surface area contributed by atoms with E-state index in [4.69, 9.17) is 9.47 Å². The standard InChI is InChI=1S/C21H22N4O4/c1-28-17-7-6-15(10-18(17)29-2)25-13-14(9-20(25)26)21(27)23-12-19-22-11-16-5-3-4-8-24(16)19/h3-8,10-11,14H,9,12-13H2,1-2H3,(H,23,27). The lowest BCUT2D eigenvalue weighted by Crippen LogP contribution is -2.33. The third-order valence-electron chi connectivity index (χ3n) is 5.11. The monoisotopic (exact) mass is 394 g/mol. The fourth-order valence-corrected chi connectivity index (χ4v) is 3.57. The molecule has 1 aliphatic rings. The second kappa shape index (κ2) is 7.83. The molecule has 1 aromatic carbocycles. The van der Waals surface area contributed by atoms with Gasteiger partial charge >= 0.3 is 0 Å². The number of methoxy groups -OCH3 is 2. The summed E-state index contributed by atoms with van der Waals surface area (Å²) in [7, 11) is 3.10. The van der Waals surface area contributed by atoms with Crippen LogP contribution in [0.3, 0.4) is 0 Å². The predicted molar refractivity (Wildman–Crippen MR) is 107 cm³/mol. The molecule has 2 amide bonds. The molecule has 0 saturated carbocycles. The van der Waals surface area contributed by atoms with E-state index in [2.05, 4.69) is 10.3 Å². The Hall–Kier alpha value is -3.55. The van der Waals surface area contributed by atoms with Gasteiger partial charge in [-0.2, -0.15) is 0 Å². The first-order valence-corrected chi connectivity index (χ1v) is 9.31. The van der Waals surface area contributed by atoms with Gasteiger partial charge in [-0.1, -0.05) is 6.07 Å². The summed E-state index contributed by atoms with van der Waals surface area (Å²) >= 11 is 0. The summed E-state index contributed by atoms with van der Waals surface area (Å²) in [6.45, 7) is 0.626. The lowest BCUT2D eigenvalue weighted by molar-refractivity contribution is -0.126. The SMILES string of the molecule is COc1ccc(N2CC(C(=O)NCc3ncc4ccccn34)CC2=O)cc1OC. The third-order valence-corrected chi connectivity index (χ3v) is 5.11. The number of hydrogen-bond acceptors (Lipinski definition) is 5. The maximum absolute atomic E-state index is 12.7. The zero-order valence-corrected chi connectivity index (χ0v) is 16.3. The van der Waals surface area contributed by atoms with Crippen molar-refractivity contribution in [3.05, 3.63) is 54.6 Å². The van der Waals surface area contributed by atoms with Crippen molar-refractivity contribution in [2.45, 2.75) is 13.0 Å². The highest BCUT2D eigenvalue weighted by Gasteiger charge is 2.35. The van der Waals surface area contributed by atoms with Crippen molar-refractivity contribution < 1.29 is 19.1 Å². The summed E-state index contributed by atoms with van der Waals surface area (Å²) in [6.07, 6.45) is 3.84. The number of anilines is 1. The molecule has 1 fully saturated rings. The van der Waals surface area contributed by atoms with Crippen LogP contribution in [0.15, 0.2) is 48.8 Å². The van der Waals surface area contributed by atoms with Crippen molar-refractivity contribution >= 4 is 23.0 Å². The highest BCUT2D eigenvalue weighted by molar-refractivity contribution is 6.00. The minimum atomic E-state index is -0.415. The van der Waals surface area contributed by atoms with Crippen molar-refractivity contribution in [2.75, 3.05) is 25.7 Å². The highest BCUT2D eigenvalue weighted by atomic mass is 16.5. The Morgan fingerprint density at radius 1 is 1.21 bits per heavy atom. The molecular formula is C21H22N4O4. The molecule has 1 atom stereocenters. The third kappa shape index (κ3) is 3.61. The fraction of sp³-hybridized carbons (Fsp3) is 0.286. The van der Waals surface area contributed by atoms with Gasteiger partial charge in [-0.15, -0.1) is 0 Å². The van der Waals surface area contributed by atoms with E-state index in [1.54, 1.807) is 43.5 Å². The number of ether oxygens (including phenoxy) is 2. The molecule has 1 saturated heterocycles. The number of benzene rings is 1. The van der Waals surface area contributed by atoms with E-state index >= 15 is 0 Å². The number of rotatable bonds is 6. The first kappa shape index (κ1) is 18.8. The van der Waals surface area contributed by atoms with Crippen molar-refractivity contribution in [1.82, 2.24) is 14.7 Å². The fourth-order valence-electron chi connectivity index (χ4n) is 3.57. The van der Waals surface area contributed by atoms with Crippen LogP contribution in [0.25, 0.3) is 5.52 Å². The zero-order chi connectivity index (χ0) is 20.4. The lowest BCUT2D eigenvalue weighted by Gasteiger charge is -2.18. The number of fused-ring (bicyclic) bond motifs is 1. The molecule has 0 aliphatic carbocycles. The maximum Gasteiger partial charge on any atom is 0.227 e. The van der Waals surface area contributed by atoms with Gasteiger partial charge in [0.05, 0.1) is 38.4 Å². The minimum absolute atomic E-state index is 0.0939. The van der Waals surface area contributed by atoms with Gasteiger partial charge in [-0.3, -0.25) is 9.59 Å². The number of aromatic nitrogens is 2. The quantitative estimate of drug-likeness (QED) is 0.691. The second-order valence-corrected chi connectivity index (χ2v) is 6.83. The van der Waals surface area contributed by atoms with Crippen LogP contribution < -0.4 is 19.7 Å². The number of nitrogens with one attached hydrogen (secondary N) is 1. The van der Waals surface area contributed by atoms with Crippen molar-refractivity contribution in [3.63, 3.8) is 0 Å². The summed E-state index contributed by atoms with van der Waals surface area (Å²) in [6, 6.07) is 11.1.